The standard InChI is InChI=1S/C17H20FNO/c1-11-7-8-15(14(9-11)10-13(3)19)20-16-6-4-5-12(2)17(16)18/h4-9,13H,10,19H2,1-3H3. The maximum Gasteiger partial charge on any atom is 0.168 e. The van der Waals surface area contributed by atoms with E-state index in [1.54, 1.807) is 25.1 Å². The highest BCUT2D eigenvalue weighted by molar-refractivity contribution is 5.42. The van der Waals surface area contributed by atoms with Crippen LogP contribution in [0.3, 0.4) is 0 Å². The Hall–Kier alpha value is -1.87. The summed E-state index contributed by atoms with van der Waals surface area (Å²) in [6.07, 6.45) is 0.699. The molecular formula is C17H20FNO. The van der Waals surface area contributed by atoms with Gasteiger partial charge < -0.3 is 10.5 Å². The molecule has 2 rings (SSSR count). The van der Waals surface area contributed by atoms with Gasteiger partial charge in [0, 0.05) is 6.04 Å². The van der Waals surface area contributed by atoms with Crippen LogP contribution in [-0.2, 0) is 6.42 Å². The summed E-state index contributed by atoms with van der Waals surface area (Å²) >= 11 is 0. The van der Waals surface area contributed by atoms with Crippen molar-refractivity contribution in [2.75, 3.05) is 0 Å². The van der Waals surface area contributed by atoms with Crippen molar-refractivity contribution >= 4 is 0 Å². The number of benzene rings is 2. The summed E-state index contributed by atoms with van der Waals surface area (Å²) in [4.78, 5) is 0. The van der Waals surface area contributed by atoms with Gasteiger partial charge in [0.05, 0.1) is 0 Å². The van der Waals surface area contributed by atoms with E-state index in [0.29, 0.717) is 17.7 Å². The molecule has 1 unspecified atom stereocenters. The largest absolute Gasteiger partial charge is 0.454 e. The SMILES string of the molecule is Cc1ccc(Oc2cccc(C)c2F)c(CC(C)N)c1. The van der Waals surface area contributed by atoms with E-state index in [2.05, 4.69) is 0 Å². The highest BCUT2D eigenvalue weighted by Gasteiger charge is 2.11. The first-order chi connectivity index (χ1) is 9.47. The van der Waals surface area contributed by atoms with Crippen molar-refractivity contribution in [2.24, 2.45) is 5.73 Å². The van der Waals surface area contributed by atoms with Crippen LogP contribution in [0, 0.1) is 19.7 Å². The fraction of sp³-hybridized carbons (Fsp3) is 0.294. The van der Waals surface area contributed by atoms with Crippen molar-refractivity contribution in [1.82, 2.24) is 0 Å². The van der Waals surface area contributed by atoms with Crippen LogP contribution in [0.1, 0.15) is 23.6 Å². The molecule has 0 aliphatic carbocycles. The summed E-state index contributed by atoms with van der Waals surface area (Å²) in [7, 11) is 0. The van der Waals surface area contributed by atoms with Gasteiger partial charge in [0.1, 0.15) is 5.75 Å². The summed E-state index contributed by atoms with van der Waals surface area (Å²) < 4.78 is 19.8. The molecule has 1 atom stereocenters. The Kier molecular flexibility index (Phi) is 4.40. The second-order valence-corrected chi connectivity index (χ2v) is 5.28. The Morgan fingerprint density at radius 2 is 1.90 bits per heavy atom. The van der Waals surface area contributed by atoms with E-state index in [-0.39, 0.29) is 17.6 Å². The van der Waals surface area contributed by atoms with Gasteiger partial charge in [-0.15, -0.1) is 0 Å². The molecule has 2 nitrogen and oxygen atoms in total. The lowest BCUT2D eigenvalue weighted by atomic mass is 10.0. The summed E-state index contributed by atoms with van der Waals surface area (Å²) in [5.41, 5.74) is 8.57. The van der Waals surface area contributed by atoms with Gasteiger partial charge in [-0.2, -0.15) is 0 Å². The molecule has 2 aromatic rings. The monoisotopic (exact) mass is 273 g/mol. The summed E-state index contributed by atoms with van der Waals surface area (Å²) in [6.45, 7) is 5.68. The molecule has 0 saturated heterocycles. The van der Waals surface area contributed by atoms with E-state index in [1.807, 2.05) is 32.0 Å². The van der Waals surface area contributed by atoms with Crippen LogP contribution in [0.25, 0.3) is 0 Å². The third-order valence-corrected chi connectivity index (χ3v) is 3.13. The van der Waals surface area contributed by atoms with Crippen LogP contribution in [0.5, 0.6) is 11.5 Å². The molecule has 3 heteroatoms. The average Bonchev–Trinajstić information content (AvgIpc) is 2.37. The zero-order valence-electron chi connectivity index (χ0n) is 12.1. The molecule has 2 aromatic carbocycles. The van der Waals surface area contributed by atoms with Crippen LogP contribution >= 0.6 is 0 Å². The highest BCUT2D eigenvalue weighted by Crippen LogP contribution is 2.30. The molecule has 0 aromatic heterocycles. The summed E-state index contributed by atoms with van der Waals surface area (Å²) in [6, 6.07) is 11.0. The quantitative estimate of drug-likeness (QED) is 0.909. The highest BCUT2D eigenvalue weighted by atomic mass is 19.1. The Morgan fingerprint density at radius 3 is 2.60 bits per heavy atom. The normalized spacial score (nSPS) is 12.2. The number of hydrogen-bond acceptors (Lipinski definition) is 2. The molecule has 0 aliphatic heterocycles. The van der Waals surface area contributed by atoms with Gasteiger partial charge in [-0.25, -0.2) is 4.39 Å². The van der Waals surface area contributed by atoms with Crippen molar-refractivity contribution in [3.05, 3.63) is 58.9 Å². The van der Waals surface area contributed by atoms with E-state index in [4.69, 9.17) is 10.5 Å². The maximum atomic E-state index is 14.0. The van der Waals surface area contributed by atoms with E-state index in [0.717, 1.165) is 11.1 Å². The van der Waals surface area contributed by atoms with Gasteiger partial charge in [0.25, 0.3) is 0 Å². The van der Waals surface area contributed by atoms with E-state index < -0.39 is 0 Å². The maximum absolute atomic E-state index is 14.0. The van der Waals surface area contributed by atoms with Crippen LogP contribution in [0.2, 0.25) is 0 Å². The average molecular weight is 273 g/mol. The molecule has 0 heterocycles. The van der Waals surface area contributed by atoms with Crippen molar-refractivity contribution in [2.45, 2.75) is 33.2 Å². The number of aryl methyl sites for hydroxylation is 2. The van der Waals surface area contributed by atoms with Crippen LogP contribution in [0.4, 0.5) is 4.39 Å². The van der Waals surface area contributed by atoms with Crippen molar-refractivity contribution < 1.29 is 9.13 Å². The van der Waals surface area contributed by atoms with Crippen LogP contribution in [-0.4, -0.2) is 6.04 Å². The molecule has 0 bridgehead atoms. The minimum Gasteiger partial charge on any atom is -0.454 e. The molecule has 2 N–H and O–H groups in total. The van der Waals surface area contributed by atoms with Crippen molar-refractivity contribution in [3.8, 4) is 11.5 Å². The molecule has 0 amide bonds. The topological polar surface area (TPSA) is 35.2 Å². The molecule has 0 saturated carbocycles. The van der Waals surface area contributed by atoms with Gasteiger partial charge in [0.2, 0.25) is 0 Å². The second kappa shape index (κ2) is 6.06. The molecule has 106 valence electrons. The fourth-order valence-corrected chi connectivity index (χ4v) is 2.13. The first-order valence-corrected chi connectivity index (χ1v) is 6.75. The number of ether oxygens (including phenoxy) is 1. The molecular weight excluding hydrogens is 253 g/mol. The van der Waals surface area contributed by atoms with E-state index in [1.165, 1.54) is 0 Å². The van der Waals surface area contributed by atoms with Crippen LogP contribution < -0.4 is 10.5 Å². The minimum atomic E-state index is -0.320. The second-order valence-electron chi connectivity index (χ2n) is 5.28. The Bertz CT molecular complexity index is 608. The number of halogens is 1. The minimum absolute atomic E-state index is 0.0292. The number of rotatable bonds is 4. The number of nitrogens with two attached hydrogens (primary N) is 1. The van der Waals surface area contributed by atoms with Gasteiger partial charge in [0.15, 0.2) is 11.6 Å². The lowest BCUT2D eigenvalue weighted by Crippen LogP contribution is -2.18. The third kappa shape index (κ3) is 3.36. The lowest BCUT2D eigenvalue weighted by molar-refractivity contribution is 0.434. The summed E-state index contributed by atoms with van der Waals surface area (Å²) in [5, 5.41) is 0. The Morgan fingerprint density at radius 1 is 1.15 bits per heavy atom. The van der Waals surface area contributed by atoms with Gasteiger partial charge in [-0.1, -0.05) is 29.8 Å². The zero-order chi connectivity index (χ0) is 14.7. The van der Waals surface area contributed by atoms with Gasteiger partial charge >= 0.3 is 0 Å². The van der Waals surface area contributed by atoms with E-state index >= 15 is 0 Å². The predicted octanol–water partition coefficient (Wildman–Crippen LogP) is 4.12. The van der Waals surface area contributed by atoms with Gasteiger partial charge in [-0.05, 0) is 50.5 Å². The van der Waals surface area contributed by atoms with Gasteiger partial charge in [-0.3, -0.25) is 0 Å². The fourth-order valence-electron chi connectivity index (χ4n) is 2.13. The van der Waals surface area contributed by atoms with Crippen molar-refractivity contribution in [1.29, 1.82) is 0 Å². The third-order valence-electron chi connectivity index (χ3n) is 3.13. The first kappa shape index (κ1) is 14.5. The predicted molar refractivity (Wildman–Crippen MR) is 79.7 cm³/mol. The van der Waals surface area contributed by atoms with Crippen molar-refractivity contribution in [3.63, 3.8) is 0 Å². The molecule has 0 radical (unpaired) electrons. The Balaban J connectivity index is 2.35. The molecule has 20 heavy (non-hydrogen) atoms. The van der Waals surface area contributed by atoms with E-state index in [9.17, 15) is 4.39 Å². The molecule has 0 aliphatic rings. The molecule has 0 fully saturated rings. The summed E-state index contributed by atoms with van der Waals surface area (Å²) in [5.74, 6) is 0.594. The number of hydrogen-bond donors (Lipinski definition) is 1. The lowest BCUT2D eigenvalue weighted by Gasteiger charge is -2.14. The zero-order valence-corrected chi connectivity index (χ0v) is 12.1. The molecule has 0 spiro atoms. The Labute approximate surface area is 119 Å². The first-order valence-electron chi connectivity index (χ1n) is 6.75. The smallest absolute Gasteiger partial charge is 0.168 e. The van der Waals surface area contributed by atoms with Crippen LogP contribution in [0.15, 0.2) is 36.4 Å².